The summed E-state index contributed by atoms with van der Waals surface area (Å²) in [7, 11) is 0. The summed E-state index contributed by atoms with van der Waals surface area (Å²) in [5, 5.41) is 9.57. The van der Waals surface area contributed by atoms with Crippen LogP contribution in [0.1, 0.15) is 16.7 Å². The molecule has 0 bridgehead atoms. The Labute approximate surface area is 196 Å². The third kappa shape index (κ3) is 4.42. The molecule has 2 aromatic carbocycles. The summed E-state index contributed by atoms with van der Waals surface area (Å²) in [5.74, 6) is -4.08. The van der Waals surface area contributed by atoms with E-state index >= 15 is 0 Å². The topological polar surface area (TPSA) is 116 Å². The number of halogens is 3. The van der Waals surface area contributed by atoms with E-state index in [1.807, 2.05) is 0 Å². The molecule has 4 rings (SSSR count). The second-order valence-electron chi connectivity index (χ2n) is 7.95. The van der Waals surface area contributed by atoms with Crippen LogP contribution in [0.15, 0.2) is 59.7 Å². The van der Waals surface area contributed by atoms with Gasteiger partial charge in [-0.25, -0.2) is 9.59 Å². The number of benzene rings is 2. The van der Waals surface area contributed by atoms with Gasteiger partial charge in [-0.3, -0.25) is 24.0 Å². The Morgan fingerprint density at radius 2 is 1.74 bits per heavy atom. The van der Waals surface area contributed by atoms with Gasteiger partial charge in [-0.15, -0.1) is 0 Å². The maximum Gasteiger partial charge on any atom is 0.416 e. The molecule has 0 spiro atoms. The van der Waals surface area contributed by atoms with Gasteiger partial charge in [-0.05, 0) is 48.4 Å². The number of amides is 3. The number of aromatic amines is 1. The van der Waals surface area contributed by atoms with Gasteiger partial charge in [0.05, 0.1) is 17.8 Å². The van der Waals surface area contributed by atoms with Crippen molar-refractivity contribution in [3.05, 3.63) is 82.0 Å². The van der Waals surface area contributed by atoms with Crippen LogP contribution in [-0.4, -0.2) is 44.0 Å². The van der Waals surface area contributed by atoms with Crippen molar-refractivity contribution in [2.45, 2.75) is 19.6 Å². The van der Waals surface area contributed by atoms with Gasteiger partial charge in [0.25, 0.3) is 0 Å². The van der Waals surface area contributed by atoms with Crippen molar-refractivity contribution in [1.82, 2.24) is 14.5 Å². The smallest absolute Gasteiger partial charge is 0.416 e. The number of H-pyrrole nitrogens is 1. The quantitative estimate of drug-likeness (QED) is 0.536. The predicted octanol–water partition coefficient (Wildman–Crippen LogP) is 3.16. The van der Waals surface area contributed by atoms with Crippen LogP contribution in [0.25, 0.3) is 5.69 Å². The van der Waals surface area contributed by atoms with Crippen LogP contribution < -0.4 is 10.6 Å². The number of urea groups is 1. The first-order valence-corrected chi connectivity index (χ1v) is 10.4. The highest BCUT2D eigenvalue weighted by atomic mass is 19.4. The second-order valence-corrected chi connectivity index (χ2v) is 7.95. The molecule has 1 unspecified atom stereocenters. The number of carbonyl (C=O) groups excluding carboxylic acids is 2. The number of carbonyl (C=O) groups is 3. The highest BCUT2D eigenvalue weighted by Crippen LogP contribution is 2.34. The van der Waals surface area contributed by atoms with Crippen LogP contribution in [0.5, 0.6) is 0 Å². The molecular weight excluding hydrogens is 469 g/mol. The number of imidazole rings is 1. The first-order chi connectivity index (χ1) is 16.5. The molecule has 9 nitrogen and oxygen atoms in total. The summed E-state index contributed by atoms with van der Waals surface area (Å²) < 4.78 is 41.3. The molecule has 1 aromatic heterocycles. The zero-order chi connectivity index (χ0) is 25.5. The standard InChI is InChI=1S/C23H19F3N4O5/c1-13-14(3-2-4-18(13)23(24,25)26)11-30-19(31)17(20(32)33)12-29(22(30)35)16-7-5-15(6-8-16)28-10-9-27-21(28)34/h2-10,17H,11-12H2,1H3,(H,27,34)(H,32,33). The zero-order valence-corrected chi connectivity index (χ0v) is 18.2. The number of nitrogens with one attached hydrogen (secondary N) is 1. The van der Waals surface area contributed by atoms with Crippen molar-refractivity contribution in [1.29, 1.82) is 0 Å². The molecular formula is C23H19F3N4O5. The molecule has 182 valence electrons. The van der Waals surface area contributed by atoms with Crippen LogP contribution >= 0.6 is 0 Å². The van der Waals surface area contributed by atoms with Crippen molar-refractivity contribution < 1.29 is 32.7 Å². The first kappa shape index (κ1) is 23.8. The Kier molecular flexibility index (Phi) is 5.97. The van der Waals surface area contributed by atoms with Gasteiger partial charge in [-0.2, -0.15) is 13.2 Å². The Balaban J connectivity index is 1.68. The Morgan fingerprint density at radius 3 is 2.31 bits per heavy atom. The molecule has 1 fully saturated rings. The number of aliphatic carboxylic acids is 1. The Hall–Kier alpha value is -4.35. The fraction of sp³-hybridized carbons (Fsp3) is 0.217. The summed E-state index contributed by atoms with van der Waals surface area (Å²) >= 11 is 0. The van der Waals surface area contributed by atoms with Crippen molar-refractivity contribution in [2.75, 3.05) is 11.4 Å². The molecule has 3 aromatic rings. The molecule has 2 heterocycles. The molecule has 12 heteroatoms. The molecule has 1 saturated heterocycles. The summed E-state index contributed by atoms with van der Waals surface area (Å²) in [6.07, 6.45) is -1.68. The molecule has 1 atom stereocenters. The molecule has 0 saturated carbocycles. The fourth-order valence-corrected chi connectivity index (χ4v) is 3.96. The number of nitrogens with zero attached hydrogens (tertiary/aromatic N) is 3. The lowest BCUT2D eigenvalue weighted by atomic mass is 9.99. The SMILES string of the molecule is Cc1c(CN2C(=O)C(C(=O)O)CN(c3ccc(-n4cc[nH]c4=O)cc3)C2=O)cccc1C(F)(F)F. The van der Waals surface area contributed by atoms with E-state index < -0.39 is 48.7 Å². The molecule has 35 heavy (non-hydrogen) atoms. The van der Waals surface area contributed by atoms with Crippen molar-refractivity contribution in [3.8, 4) is 5.69 Å². The van der Waals surface area contributed by atoms with E-state index in [1.54, 1.807) is 0 Å². The lowest BCUT2D eigenvalue weighted by Crippen LogP contribution is -2.58. The van der Waals surface area contributed by atoms with Gasteiger partial charge in [0.15, 0.2) is 5.92 Å². The summed E-state index contributed by atoms with van der Waals surface area (Å²) in [6.45, 7) is 0.254. The fourth-order valence-electron chi connectivity index (χ4n) is 3.96. The Bertz CT molecular complexity index is 1360. The number of anilines is 1. The van der Waals surface area contributed by atoms with E-state index in [-0.39, 0.29) is 22.5 Å². The molecule has 1 aliphatic heterocycles. The Morgan fingerprint density at radius 1 is 1.09 bits per heavy atom. The van der Waals surface area contributed by atoms with E-state index in [0.717, 1.165) is 17.0 Å². The molecule has 1 aliphatic rings. The number of aromatic nitrogens is 2. The van der Waals surface area contributed by atoms with Gasteiger partial charge < -0.3 is 10.1 Å². The van der Waals surface area contributed by atoms with Gasteiger partial charge in [0.2, 0.25) is 5.91 Å². The molecule has 3 amide bonds. The number of hydrogen-bond acceptors (Lipinski definition) is 4. The minimum absolute atomic E-state index is 0.0645. The maximum atomic E-state index is 13.3. The van der Waals surface area contributed by atoms with E-state index in [1.165, 1.54) is 54.2 Å². The lowest BCUT2D eigenvalue weighted by molar-refractivity contribution is -0.150. The second kappa shape index (κ2) is 8.78. The molecule has 0 aliphatic carbocycles. The third-order valence-corrected chi connectivity index (χ3v) is 5.86. The predicted molar refractivity (Wildman–Crippen MR) is 117 cm³/mol. The van der Waals surface area contributed by atoms with Gasteiger partial charge in [0, 0.05) is 24.6 Å². The number of carboxylic acids is 1. The highest BCUT2D eigenvalue weighted by molar-refractivity contribution is 6.12. The number of hydrogen-bond donors (Lipinski definition) is 2. The van der Waals surface area contributed by atoms with Gasteiger partial charge in [0.1, 0.15) is 0 Å². The summed E-state index contributed by atoms with van der Waals surface area (Å²) in [4.78, 5) is 53.8. The van der Waals surface area contributed by atoms with Crippen LogP contribution in [0, 0.1) is 12.8 Å². The van der Waals surface area contributed by atoms with E-state index in [2.05, 4.69) is 4.98 Å². The minimum Gasteiger partial charge on any atom is -0.481 e. The highest BCUT2D eigenvalue weighted by Gasteiger charge is 2.44. The average molecular weight is 488 g/mol. The number of carboxylic acid groups (broad SMARTS) is 1. The average Bonchev–Trinajstić information content (AvgIpc) is 3.22. The first-order valence-electron chi connectivity index (χ1n) is 10.4. The summed E-state index contributed by atoms with van der Waals surface area (Å²) in [5.41, 5.74) is -0.653. The van der Waals surface area contributed by atoms with Crippen molar-refractivity contribution in [3.63, 3.8) is 0 Å². The summed E-state index contributed by atoms with van der Waals surface area (Å²) in [6, 6.07) is 8.57. The lowest BCUT2D eigenvalue weighted by Gasteiger charge is -2.37. The minimum atomic E-state index is -4.63. The van der Waals surface area contributed by atoms with Gasteiger partial charge >= 0.3 is 23.9 Å². The normalized spacial score (nSPS) is 16.6. The maximum absolute atomic E-state index is 13.3. The van der Waals surface area contributed by atoms with Crippen molar-refractivity contribution in [2.24, 2.45) is 5.92 Å². The van der Waals surface area contributed by atoms with Crippen LogP contribution in [-0.2, 0) is 22.3 Å². The van der Waals surface area contributed by atoms with Gasteiger partial charge in [-0.1, -0.05) is 12.1 Å². The zero-order valence-electron chi connectivity index (χ0n) is 18.2. The molecule has 2 N–H and O–H groups in total. The number of imide groups is 1. The van der Waals surface area contributed by atoms with E-state index in [9.17, 15) is 37.5 Å². The van der Waals surface area contributed by atoms with Crippen molar-refractivity contribution >= 4 is 23.6 Å². The third-order valence-electron chi connectivity index (χ3n) is 5.86. The van der Waals surface area contributed by atoms with Crippen LogP contribution in [0.3, 0.4) is 0 Å². The van der Waals surface area contributed by atoms with Crippen LogP contribution in [0.2, 0.25) is 0 Å². The largest absolute Gasteiger partial charge is 0.481 e. The van der Waals surface area contributed by atoms with Crippen LogP contribution in [0.4, 0.5) is 23.7 Å². The van der Waals surface area contributed by atoms with E-state index in [0.29, 0.717) is 10.6 Å². The molecule has 0 radical (unpaired) electrons. The number of alkyl halides is 3. The number of rotatable bonds is 5. The monoisotopic (exact) mass is 488 g/mol. The van der Waals surface area contributed by atoms with E-state index in [4.69, 9.17) is 0 Å².